The van der Waals surface area contributed by atoms with Crippen LogP contribution >= 0.6 is 0 Å². The molecular formula is C17H24FNO3. The van der Waals surface area contributed by atoms with Crippen molar-refractivity contribution in [2.24, 2.45) is 0 Å². The fourth-order valence-corrected chi connectivity index (χ4v) is 1.88. The molecule has 1 amide bonds. The summed E-state index contributed by atoms with van der Waals surface area (Å²) >= 11 is 0. The van der Waals surface area contributed by atoms with Crippen LogP contribution in [0.4, 0.5) is 9.18 Å². The van der Waals surface area contributed by atoms with Gasteiger partial charge < -0.3 is 10.1 Å². The third-order valence-corrected chi connectivity index (χ3v) is 3.14. The molecule has 0 heterocycles. The summed E-state index contributed by atoms with van der Waals surface area (Å²) in [6, 6.07) is 4.07. The van der Waals surface area contributed by atoms with Gasteiger partial charge in [0, 0.05) is 18.0 Å². The van der Waals surface area contributed by atoms with Crippen molar-refractivity contribution in [3.8, 4) is 0 Å². The number of hydrogen-bond donors (Lipinski definition) is 1. The van der Waals surface area contributed by atoms with Crippen molar-refractivity contribution >= 4 is 11.9 Å². The largest absolute Gasteiger partial charge is 0.444 e. The minimum Gasteiger partial charge on any atom is -0.444 e. The number of Topliss-reactive ketones (excluding diaryl/α,β-unsaturated/α-hetero) is 1. The van der Waals surface area contributed by atoms with E-state index in [1.807, 2.05) is 6.92 Å². The van der Waals surface area contributed by atoms with Gasteiger partial charge in [0.15, 0.2) is 5.78 Å². The molecule has 1 atom stereocenters. The molecule has 0 aromatic heterocycles. The van der Waals surface area contributed by atoms with Gasteiger partial charge in [-0.05, 0) is 45.7 Å². The lowest BCUT2D eigenvalue weighted by atomic mass is 10.0. The third kappa shape index (κ3) is 5.84. The first kappa shape index (κ1) is 18.1. The Kier molecular flexibility index (Phi) is 6.09. The zero-order chi connectivity index (χ0) is 16.9. The number of rotatable bonds is 5. The molecule has 1 aromatic carbocycles. The highest BCUT2D eigenvalue weighted by Gasteiger charge is 2.21. The van der Waals surface area contributed by atoms with Gasteiger partial charge in [0.05, 0.1) is 0 Å². The van der Waals surface area contributed by atoms with Crippen LogP contribution < -0.4 is 5.32 Å². The second-order valence-corrected chi connectivity index (χ2v) is 6.34. The summed E-state index contributed by atoms with van der Waals surface area (Å²) in [5.41, 5.74) is 0.218. The highest BCUT2D eigenvalue weighted by molar-refractivity contribution is 5.96. The Balaban J connectivity index is 2.67. The minimum atomic E-state index is -0.591. The lowest BCUT2D eigenvalue weighted by Crippen LogP contribution is -2.39. The summed E-state index contributed by atoms with van der Waals surface area (Å²) in [4.78, 5) is 23.9. The van der Waals surface area contributed by atoms with Crippen molar-refractivity contribution in [1.29, 1.82) is 0 Å². The van der Waals surface area contributed by atoms with E-state index in [0.29, 0.717) is 17.5 Å². The predicted molar refractivity (Wildman–Crippen MR) is 83.5 cm³/mol. The summed E-state index contributed by atoms with van der Waals surface area (Å²) in [5.74, 6) is -0.610. The number of ether oxygens (including phenoxy) is 1. The topological polar surface area (TPSA) is 55.4 Å². The maximum absolute atomic E-state index is 13.5. The number of carbonyl (C=O) groups excluding carboxylic acids is 2. The van der Waals surface area contributed by atoms with Crippen molar-refractivity contribution < 1.29 is 18.7 Å². The van der Waals surface area contributed by atoms with Crippen LogP contribution in [-0.4, -0.2) is 23.5 Å². The van der Waals surface area contributed by atoms with E-state index >= 15 is 0 Å². The van der Waals surface area contributed by atoms with Gasteiger partial charge in [-0.2, -0.15) is 0 Å². The van der Waals surface area contributed by atoms with Gasteiger partial charge in [-0.15, -0.1) is 0 Å². The number of hydrogen-bond acceptors (Lipinski definition) is 3. The smallest absolute Gasteiger partial charge is 0.407 e. The van der Waals surface area contributed by atoms with Gasteiger partial charge in [0.25, 0.3) is 0 Å². The molecule has 0 fully saturated rings. The normalized spacial score (nSPS) is 12.6. The van der Waals surface area contributed by atoms with E-state index in [1.54, 1.807) is 39.8 Å². The zero-order valence-electron chi connectivity index (χ0n) is 13.8. The van der Waals surface area contributed by atoms with E-state index < -0.39 is 17.5 Å². The molecule has 0 radical (unpaired) electrons. The molecule has 0 aliphatic heterocycles. The molecule has 0 saturated carbocycles. The Hall–Kier alpha value is -1.91. The van der Waals surface area contributed by atoms with E-state index in [1.165, 1.54) is 6.07 Å². The molecule has 5 heteroatoms. The molecule has 4 nitrogen and oxygen atoms in total. The van der Waals surface area contributed by atoms with Crippen molar-refractivity contribution in [1.82, 2.24) is 5.32 Å². The number of ketones is 1. The summed E-state index contributed by atoms with van der Waals surface area (Å²) in [5, 5.41) is 2.67. The third-order valence-electron chi connectivity index (χ3n) is 3.14. The molecule has 0 spiro atoms. The number of benzene rings is 1. The van der Waals surface area contributed by atoms with Crippen LogP contribution in [0.25, 0.3) is 0 Å². The fraction of sp³-hybridized carbons (Fsp3) is 0.529. The van der Waals surface area contributed by atoms with Gasteiger partial charge in [-0.3, -0.25) is 4.79 Å². The molecule has 0 aliphatic carbocycles. The molecule has 0 bridgehead atoms. The number of halogens is 1. The molecule has 122 valence electrons. The molecule has 0 saturated heterocycles. The van der Waals surface area contributed by atoms with Crippen molar-refractivity contribution in [2.45, 2.75) is 59.1 Å². The van der Waals surface area contributed by atoms with E-state index in [9.17, 15) is 14.0 Å². The number of nitrogens with one attached hydrogen (secondary N) is 1. The average Bonchev–Trinajstić information content (AvgIpc) is 2.38. The van der Waals surface area contributed by atoms with E-state index in [0.717, 1.165) is 0 Å². The molecule has 1 rings (SSSR count). The first-order valence-corrected chi connectivity index (χ1v) is 7.41. The number of aryl methyl sites for hydroxylation is 1. The average molecular weight is 309 g/mol. The Morgan fingerprint density at radius 3 is 2.45 bits per heavy atom. The van der Waals surface area contributed by atoms with Gasteiger partial charge >= 0.3 is 6.09 Å². The number of alkyl carbamates (subject to hydrolysis) is 1. The number of amides is 1. The van der Waals surface area contributed by atoms with Gasteiger partial charge in [-0.1, -0.05) is 19.1 Å². The van der Waals surface area contributed by atoms with Crippen LogP contribution in [0.3, 0.4) is 0 Å². The van der Waals surface area contributed by atoms with Gasteiger partial charge in [0.1, 0.15) is 11.4 Å². The van der Waals surface area contributed by atoms with Crippen LogP contribution in [-0.2, 0) is 4.74 Å². The first-order chi connectivity index (χ1) is 10.1. The summed E-state index contributed by atoms with van der Waals surface area (Å²) in [6.07, 6.45) is 0.139. The summed E-state index contributed by atoms with van der Waals surface area (Å²) in [6.45, 7) is 8.82. The Morgan fingerprint density at radius 2 is 1.95 bits per heavy atom. The lowest BCUT2D eigenvalue weighted by molar-refractivity contribution is 0.0500. The van der Waals surface area contributed by atoms with E-state index in [4.69, 9.17) is 4.74 Å². The van der Waals surface area contributed by atoms with Gasteiger partial charge in [-0.25, -0.2) is 9.18 Å². The van der Waals surface area contributed by atoms with Crippen molar-refractivity contribution in [3.63, 3.8) is 0 Å². The Bertz CT molecular complexity index is 549. The highest BCUT2D eigenvalue weighted by atomic mass is 19.1. The summed E-state index contributed by atoms with van der Waals surface area (Å²) in [7, 11) is 0. The molecule has 0 aliphatic rings. The highest BCUT2D eigenvalue weighted by Crippen LogP contribution is 2.13. The molecule has 1 N–H and O–H groups in total. The molecule has 22 heavy (non-hydrogen) atoms. The zero-order valence-corrected chi connectivity index (χ0v) is 13.8. The molecule has 1 unspecified atom stereocenters. The Morgan fingerprint density at radius 1 is 1.32 bits per heavy atom. The van der Waals surface area contributed by atoms with Crippen LogP contribution in [0, 0.1) is 12.7 Å². The minimum absolute atomic E-state index is 0.109. The lowest BCUT2D eigenvalue weighted by Gasteiger charge is -2.22. The van der Waals surface area contributed by atoms with Crippen molar-refractivity contribution in [3.05, 3.63) is 35.1 Å². The van der Waals surface area contributed by atoms with Crippen molar-refractivity contribution in [2.75, 3.05) is 0 Å². The number of carbonyl (C=O) groups is 2. The van der Waals surface area contributed by atoms with E-state index in [2.05, 4.69) is 5.32 Å². The fourth-order valence-electron chi connectivity index (χ4n) is 1.88. The molecule has 1 aromatic rings. The van der Waals surface area contributed by atoms with Crippen LogP contribution in [0.5, 0.6) is 0 Å². The Labute approximate surface area is 131 Å². The second kappa shape index (κ2) is 7.38. The predicted octanol–water partition coefficient (Wildman–Crippen LogP) is 4.01. The van der Waals surface area contributed by atoms with E-state index in [-0.39, 0.29) is 18.2 Å². The first-order valence-electron chi connectivity index (χ1n) is 7.41. The van der Waals surface area contributed by atoms with Crippen LogP contribution in [0.2, 0.25) is 0 Å². The van der Waals surface area contributed by atoms with Gasteiger partial charge in [0.2, 0.25) is 0 Å². The standard InChI is InChI=1S/C17H24FNO3/c1-6-13(19-16(21)22-17(3,4)5)10-15(20)12-8-7-11(2)14(18)9-12/h7-9,13H,6,10H2,1-5H3,(H,19,21). The SMILES string of the molecule is CCC(CC(=O)c1ccc(C)c(F)c1)NC(=O)OC(C)(C)C. The second-order valence-electron chi connectivity index (χ2n) is 6.34. The monoisotopic (exact) mass is 309 g/mol. The quantitative estimate of drug-likeness (QED) is 0.836. The summed E-state index contributed by atoms with van der Waals surface area (Å²) < 4.78 is 18.7. The van der Waals surface area contributed by atoms with Crippen LogP contribution in [0.15, 0.2) is 18.2 Å². The maximum Gasteiger partial charge on any atom is 0.407 e. The maximum atomic E-state index is 13.5. The molecular weight excluding hydrogens is 285 g/mol. The van der Waals surface area contributed by atoms with Crippen LogP contribution in [0.1, 0.15) is 56.5 Å².